The van der Waals surface area contributed by atoms with Crippen LogP contribution in [0.4, 0.5) is 18.9 Å². The number of amides is 2. The van der Waals surface area contributed by atoms with Gasteiger partial charge in [0.2, 0.25) is 5.91 Å². The van der Waals surface area contributed by atoms with Gasteiger partial charge < -0.3 is 10.6 Å². The molecule has 6 nitrogen and oxygen atoms in total. The summed E-state index contributed by atoms with van der Waals surface area (Å²) in [4.78, 5) is 24.8. The molecule has 0 fully saturated rings. The van der Waals surface area contributed by atoms with Gasteiger partial charge in [-0.3, -0.25) is 9.59 Å². The highest BCUT2D eigenvalue weighted by Crippen LogP contribution is 2.31. The van der Waals surface area contributed by atoms with Crippen molar-refractivity contribution in [1.82, 2.24) is 15.1 Å². The zero-order chi connectivity index (χ0) is 25.9. The Morgan fingerprint density at radius 2 is 1.81 bits per heavy atom. The molecule has 0 bridgehead atoms. The number of benzene rings is 3. The van der Waals surface area contributed by atoms with Crippen LogP contribution in [0.15, 0.2) is 66.9 Å². The van der Waals surface area contributed by atoms with E-state index in [1.807, 2.05) is 6.92 Å². The molecular formula is C26H22ClF3N4O2. The molecular weight excluding hydrogens is 493 g/mol. The molecule has 0 saturated carbocycles. The van der Waals surface area contributed by atoms with E-state index < -0.39 is 17.6 Å². The summed E-state index contributed by atoms with van der Waals surface area (Å²) < 4.78 is 40.2. The van der Waals surface area contributed by atoms with E-state index in [1.54, 1.807) is 36.4 Å². The number of aromatic nitrogens is 2. The Kier molecular flexibility index (Phi) is 7.30. The van der Waals surface area contributed by atoms with Gasteiger partial charge in [-0.05, 0) is 60.5 Å². The number of carbonyl (C=O) groups is 2. The highest BCUT2D eigenvalue weighted by atomic mass is 35.5. The first-order chi connectivity index (χ1) is 17.2. The summed E-state index contributed by atoms with van der Waals surface area (Å²) in [5, 5.41) is 10.8. The molecule has 0 unspecified atom stereocenters. The van der Waals surface area contributed by atoms with Gasteiger partial charge in [0.15, 0.2) is 0 Å². The molecule has 0 aliphatic rings. The van der Waals surface area contributed by atoms with Crippen LogP contribution in [-0.4, -0.2) is 21.6 Å². The van der Waals surface area contributed by atoms with Crippen molar-refractivity contribution in [3.63, 3.8) is 0 Å². The molecule has 4 rings (SSSR count). The topological polar surface area (TPSA) is 76.0 Å². The predicted octanol–water partition coefficient (Wildman–Crippen LogP) is 6.37. The summed E-state index contributed by atoms with van der Waals surface area (Å²) in [5.74, 6) is -0.522. The molecule has 0 saturated heterocycles. The van der Waals surface area contributed by atoms with E-state index in [2.05, 4.69) is 15.7 Å². The van der Waals surface area contributed by atoms with Crippen molar-refractivity contribution in [1.29, 1.82) is 0 Å². The van der Waals surface area contributed by atoms with Crippen LogP contribution in [0.5, 0.6) is 0 Å². The Labute approximate surface area is 210 Å². The van der Waals surface area contributed by atoms with E-state index in [1.165, 1.54) is 23.0 Å². The number of hydrogen-bond donors (Lipinski definition) is 2. The SMILES string of the molecule is CCCC(=O)NCc1ccc(Cl)c(C(=O)Nc2cccc3c2cnn3-c2ccc(C(F)(F)F)cc2)c1. The van der Waals surface area contributed by atoms with Gasteiger partial charge in [0.1, 0.15) is 0 Å². The van der Waals surface area contributed by atoms with Crippen LogP contribution in [-0.2, 0) is 17.5 Å². The third-order valence-electron chi connectivity index (χ3n) is 5.54. The maximum atomic E-state index is 13.1. The lowest BCUT2D eigenvalue weighted by atomic mass is 10.1. The van der Waals surface area contributed by atoms with Gasteiger partial charge in [0, 0.05) is 18.4 Å². The first kappa shape index (κ1) is 25.2. The summed E-state index contributed by atoms with van der Waals surface area (Å²) in [7, 11) is 0. The monoisotopic (exact) mass is 514 g/mol. The minimum Gasteiger partial charge on any atom is -0.352 e. The number of fused-ring (bicyclic) bond motifs is 1. The first-order valence-electron chi connectivity index (χ1n) is 11.2. The van der Waals surface area contributed by atoms with Crippen LogP contribution in [0.2, 0.25) is 5.02 Å². The van der Waals surface area contributed by atoms with E-state index >= 15 is 0 Å². The molecule has 1 aromatic heterocycles. The minimum atomic E-state index is -4.43. The number of carbonyl (C=O) groups excluding carboxylic acids is 2. The van der Waals surface area contributed by atoms with Crippen molar-refractivity contribution < 1.29 is 22.8 Å². The summed E-state index contributed by atoms with van der Waals surface area (Å²) in [6.07, 6.45) is -1.74. The number of rotatable bonds is 7. The molecule has 3 aromatic carbocycles. The quantitative estimate of drug-likeness (QED) is 0.301. The average Bonchev–Trinajstić information content (AvgIpc) is 3.28. The van der Waals surface area contributed by atoms with Crippen LogP contribution >= 0.6 is 11.6 Å². The van der Waals surface area contributed by atoms with Gasteiger partial charge >= 0.3 is 6.18 Å². The van der Waals surface area contributed by atoms with Crippen LogP contribution in [0.25, 0.3) is 16.6 Å². The van der Waals surface area contributed by atoms with Crippen molar-refractivity contribution >= 4 is 40.0 Å². The van der Waals surface area contributed by atoms with E-state index in [0.29, 0.717) is 28.7 Å². The van der Waals surface area contributed by atoms with Crippen molar-refractivity contribution in [3.8, 4) is 5.69 Å². The van der Waals surface area contributed by atoms with E-state index in [-0.39, 0.29) is 23.0 Å². The van der Waals surface area contributed by atoms with Crippen LogP contribution in [0.3, 0.4) is 0 Å². The summed E-state index contributed by atoms with van der Waals surface area (Å²) in [6, 6.07) is 14.8. The number of anilines is 1. The molecule has 0 aliphatic carbocycles. The number of hydrogen-bond acceptors (Lipinski definition) is 3. The Morgan fingerprint density at radius 1 is 1.06 bits per heavy atom. The zero-order valence-electron chi connectivity index (χ0n) is 19.2. The van der Waals surface area contributed by atoms with Crippen LogP contribution < -0.4 is 10.6 Å². The number of nitrogens with zero attached hydrogens (tertiary/aromatic N) is 2. The third kappa shape index (κ3) is 5.52. The van der Waals surface area contributed by atoms with Gasteiger partial charge in [-0.2, -0.15) is 18.3 Å². The lowest BCUT2D eigenvalue weighted by Gasteiger charge is -2.11. The lowest BCUT2D eigenvalue weighted by molar-refractivity contribution is -0.137. The van der Waals surface area contributed by atoms with Gasteiger partial charge in [0.25, 0.3) is 5.91 Å². The van der Waals surface area contributed by atoms with Gasteiger partial charge in [-0.1, -0.05) is 30.7 Å². The second-order valence-corrected chi connectivity index (χ2v) is 8.54. The molecule has 10 heteroatoms. The van der Waals surface area contributed by atoms with Crippen LogP contribution in [0.1, 0.15) is 41.3 Å². The number of nitrogens with one attached hydrogen (secondary N) is 2. The molecule has 36 heavy (non-hydrogen) atoms. The normalized spacial score (nSPS) is 11.5. The molecule has 0 spiro atoms. The first-order valence-corrected chi connectivity index (χ1v) is 11.6. The zero-order valence-corrected chi connectivity index (χ0v) is 20.0. The maximum absolute atomic E-state index is 13.1. The molecule has 2 amide bonds. The molecule has 0 radical (unpaired) electrons. The molecule has 1 heterocycles. The third-order valence-corrected chi connectivity index (χ3v) is 5.87. The summed E-state index contributed by atoms with van der Waals surface area (Å²) >= 11 is 6.27. The number of halogens is 4. The van der Waals surface area contributed by atoms with E-state index in [9.17, 15) is 22.8 Å². The second-order valence-electron chi connectivity index (χ2n) is 8.13. The fraction of sp³-hybridized carbons (Fsp3) is 0.192. The molecule has 4 aromatic rings. The fourth-order valence-corrected chi connectivity index (χ4v) is 3.92. The highest BCUT2D eigenvalue weighted by Gasteiger charge is 2.30. The second kappa shape index (κ2) is 10.4. The smallest absolute Gasteiger partial charge is 0.352 e. The molecule has 2 N–H and O–H groups in total. The van der Waals surface area contributed by atoms with Crippen molar-refractivity contribution in [2.45, 2.75) is 32.5 Å². The van der Waals surface area contributed by atoms with Gasteiger partial charge in [-0.25, -0.2) is 4.68 Å². The standard InChI is InChI=1S/C26H22ClF3N4O2/c1-2-4-24(35)31-14-16-7-12-21(27)19(13-16)25(36)33-22-5-3-6-23-20(22)15-32-34(23)18-10-8-17(9-11-18)26(28,29)30/h3,5-13,15H,2,4,14H2,1H3,(H,31,35)(H,33,36). The van der Waals surface area contributed by atoms with E-state index in [4.69, 9.17) is 11.6 Å². The van der Waals surface area contributed by atoms with Gasteiger partial charge in [-0.15, -0.1) is 0 Å². The summed E-state index contributed by atoms with van der Waals surface area (Å²) in [6.45, 7) is 2.18. The Bertz CT molecular complexity index is 1420. The minimum absolute atomic E-state index is 0.0739. The summed E-state index contributed by atoms with van der Waals surface area (Å²) in [5.41, 5.74) is 1.73. The van der Waals surface area contributed by atoms with Crippen molar-refractivity contribution in [2.24, 2.45) is 0 Å². The largest absolute Gasteiger partial charge is 0.416 e. The molecule has 0 aliphatic heterocycles. The van der Waals surface area contributed by atoms with E-state index in [0.717, 1.165) is 24.1 Å². The van der Waals surface area contributed by atoms with Crippen molar-refractivity contribution in [2.75, 3.05) is 5.32 Å². The van der Waals surface area contributed by atoms with Crippen molar-refractivity contribution in [3.05, 3.63) is 88.6 Å². The predicted molar refractivity (Wildman–Crippen MR) is 132 cm³/mol. The fourth-order valence-electron chi connectivity index (χ4n) is 3.72. The lowest BCUT2D eigenvalue weighted by Crippen LogP contribution is -2.22. The Balaban J connectivity index is 1.57. The Morgan fingerprint density at radius 3 is 2.50 bits per heavy atom. The number of alkyl halides is 3. The van der Waals surface area contributed by atoms with Gasteiger partial charge in [0.05, 0.1) is 39.2 Å². The van der Waals surface area contributed by atoms with Crippen LogP contribution in [0, 0.1) is 0 Å². The average molecular weight is 515 g/mol. The highest BCUT2D eigenvalue weighted by molar-refractivity contribution is 6.34. The maximum Gasteiger partial charge on any atom is 0.416 e. The Hall–Kier alpha value is -3.85. The molecule has 186 valence electrons. The molecule has 0 atom stereocenters.